The SMILES string of the molecule is CCC1CNC2(CCCC2)CN1C1CCCC1OC. The number of piperazine rings is 1. The summed E-state index contributed by atoms with van der Waals surface area (Å²) in [5.74, 6) is 0. The Kier molecular flexibility index (Phi) is 4.16. The molecular weight excluding hydrogens is 236 g/mol. The van der Waals surface area contributed by atoms with Gasteiger partial charge in [0.15, 0.2) is 0 Å². The molecular formula is C16H30N2O. The van der Waals surface area contributed by atoms with E-state index in [1.54, 1.807) is 0 Å². The summed E-state index contributed by atoms with van der Waals surface area (Å²) >= 11 is 0. The second-order valence-corrected chi connectivity index (χ2v) is 6.88. The van der Waals surface area contributed by atoms with Crippen LogP contribution in [0.15, 0.2) is 0 Å². The van der Waals surface area contributed by atoms with Gasteiger partial charge in [-0.2, -0.15) is 0 Å². The number of rotatable bonds is 3. The van der Waals surface area contributed by atoms with E-state index >= 15 is 0 Å². The number of hydrogen-bond donors (Lipinski definition) is 1. The van der Waals surface area contributed by atoms with Crippen LogP contribution >= 0.6 is 0 Å². The summed E-state index contributed by atoms with van der Waals surface area (Å²) in [7, 11) is 1.90. The Morgan fingerprint density at radius 1 is 1.21 bits per heavy atom. The third kappa shape index (κ3) is 2.57. The molecule has 0 aromatic heterocycles. The highest BCUT2D eigenvalue weighted by Gasteiger charge is 2.45. The molecule has 3 fully saturated rings. The van der Waals surface area contributed by atoms with E-state index in [1.807, 2.05) is 7.11 Å². The van der Waals surface area contributed by atoms with Crippen LogP contribution in [-0.4, -0.2) is 48.8 Å². The van der Waals surface area contributed by atoms with E-state index in [2.05, 4.69) is 17.1 Å². The van der Waals surface area contributed by atoms with Crippen LogP contribution in [-0.2, 0) is 4.74 Å². The van der Waals surface area contributed by atoms with Crippen molar-refractivity contribution in [3.05, 3.63) is 0 Å². The predicted molar refractivity (Wildman–Crippen MR) is 78.4 cm³/mol. The smallest absolute Gasteiger partial charge is 0.0726 e. The van der Waals surface area contributed by atoms with E-state index in [0.717, 1.165) is 0 Å². The van der Waals surface area contributed by atoms with E-state index in [1.165, 1.54) is 64.5 Å². The van der Waals surface area contributed by atoms with Gasteiger partial charge in [0.2, 0.25) is 0 Å². The Bertz CT molecular complexity index is 301. The van der Waals surface area contributed by atoms with Gasteiger partial charge in [-0.3, -0.25) is 4.90 Å². The number of nitrogens with zero attached hydrogens (tertiary/aromatic N) is 1. The highest BCUT2D eigenvalue weighted by atomic mass is 16.5. The lowest BCUT2D eigenvalue weighted by atomic mass is 9.90. The highest BCUT2D eigenvalue weighted by molar-refractivity contribution is 5.04. The molecule has 3 aliphatic rings. The molecule has 1 aliphatic heterocycles. The first-order chi connectivity index (χ1) is 9.28. The molecule has 0 radical (unpaired) electrons. The first kappa shape index (κ1) is 13.8. The molecule has 19 heavy (non-hydrogen) atoms. The molecule has 0 amide bonds. The molecule has 110 valence electrons. The van der Waals surface area contributed by atoms with Crippen molar-refractivity contribution < 1.29 is 4.74 Å². The van der Waals surface area contributed by atoms with Gasteiger partial charge in [-0.25, -0.2) is 0 Å². The van der Waals surface area contributed by atoms with E-state index in [4.69, 9.17) is 4.74 Å². The second-order valence-electron chi connectivity index (χ2n) is 6.88. The maximum atomic E-state index is 5.76. The number of nitrogens with one attached hydrogen (secondary N) is 1. The van der Waals surface area contributed by atoms with Crippen molar-refractivity contribution in [1.29, 1.82) is 0 Å². The quantitative estimate of drug-likeness (QED) is 0.849. The summed E-state index contributed by atoms with van der Waals surface area (Å²) in [5, 5.41) is 3.90. The molecule has 3 heteroatoms. The summed E-state index contributed by atoms with van der Waals surface area (Å²) in [5.41, 5.74) is 0.437. The fraction of sp³-hybridized carbons (Fsp3) is 1.00. The van der Waals surface area contributed by atoms with Crippen molar-refractivity contribution in [3.63, 3.8) is 0 Å². The van der Waals surface area contributed by atoms with Gasteiger partial charge in [0, 0.05) is 37.8 Å². The average molecular weight is 266 g/mol. The molecule has 3 unspecified atom stereocenters. The van der Waals surface area contributed by atoms with Crippen molar-refractivity contribution in [2.24, 2.45) is 0 Å². The first-order valence-corrected chi connectivity index (χ1v) is 8.31. The Morgan fingerprint density at radius 3 is 2.68 bits per heavy atom. The molecule has 1 spiro atoms. The fourth-order valence-electron chi connectivity index (χ4n) is 4.70. The van der Waals surface area contributed by atoms with Crippen molar-refractivity contribution in [1.82, 2.24) is 10.2 Å². The summed E-state index contributed by atoms with van der Waals surface area (Å²) in [6.45, 7) is 4.78. The monoisotopic (exact) mass is 266 g/mol. The molecule has 1 N–H and O–H groups in total. The standard InChI is InChI=1S/C16H30N2O/c1-3-13-11-17-16(9-4-5-10-16)12-18(13)14-7-6-8-15(14)19-2/h13-15,17H,3-12H2,1-2H3. The van der Waals surface area contributed by atoms with Crippen LogP contribution < -0.4 is 5.32 Å². The zero-order chi connectivity index (χ0) is 13.3. The molecule has 0 aromatic carbocycles. The highest BCUT2D eigenvalue weighted by Crippen LogP contribution is 2.37. The Morgan fingerprint density at radius 2 is 2.00 bits per heavy atom. The lowest BCUT2D eigenvalue weighted by Gasteiger charge is -2.49. The van der Waals surface area contributed by atoms with Crippen molar-refractivity contribution in [2.45, 2.75) is 82.0 Å². The zero-order valence-corrected chi connectivity index (χ0v) is 12.7. The lowest BCUT2D eigenvalue weighted by Crippen LogP contribution is -2.66. The minimum absolute atomic E-state index is 0.437. The summed E-state index contributed by atoms with van der Waals surface area (Å²) in [6.07, 6.45) is 11.3. The van der Waals surface area contributed by atoms with Crippen LogP contribution in [0.1, 0.15) is 58.3 Å². The summed E-state index contributed by atoms with van der Waals surface area (Å²) < 4.78 is 5.76. The number of hydrogen-bond acceptors (Lipinski definition) is 3. The number of ether oxygens (including phenoxy) is 1. The molecule has 0 aromatic rings. The second kappa shape index (κ2) is 5.71. The van der Waals surface area contributed by atoms with Crippen molar-refractivity contribution >= 4 is 0 Å². The molecule has 3 atom stereocenters. The van der Waals surface area contributed by atoms with Gasteiger partial charge in [0.25, 0.3) is 0 Å². The van der Waals surface area contributed by atoms with Crippen molar-refractivity contribution in [2.75, 3.05) is 20.2 Å². The molecule has 3 rings (SSSR count). The largest absolute Gasteiger partial charge is 0.380 e. The predicted octanol–water partition coefficient (Wildman–Crippen LogP) is 2.55. The Labute approximate surface area is 118 Å². The van der Waals surface area contributed by atoms with Crippen LogP contribution in [0.3, 0.4) is 0 Å². The first-order valence-electron chi connectivity index (χ1n) is 8.31. The molecule has 1 saturated heterocycles. The average Bonchev–Trinajstić information content (AvgIpc) is 3.08. The molecule has 2 saturated carbocycles. The molecule has 2 aliphatic carbocycles. The maximum Gasteiger partial charge on any atom is 0.0726 e. The minimum Gasteiger partial charge on any atom is -0.380 e. The third-order valence-electron chi connectivity index (χ3n) is 5.85. The van der Waals surface area contributed by atoms with Crippen LogP contribution in [0.25, 0.3) is 0 Å². The van der Waals surface area contributed by atoms with E-state index in [-0.39, 0.29) is 0 Å². The Hall–Kier alpha value is -0.120. The van der Waals surface area contributed by atoms with Crippen LogP contribution in [0, 0.1) is 0 Å². The van der Waals surface area contributed by atoms with E-state index in [0.29, 0.717) is 23.7 Å². The lowest BCUT2D eigenvalue weighted by molar-refractivity contribution is -0.0207. The van der Waals surface area contributed by atoms with Crippen LogP contribution in [0.5, 0.6) is 0 Å². The summed E-state index contributed by atoms with van der Waals surface area (Å²) in [6, 6.07) is 1.39. The molecule has 3 nitrogen and oxygen atoms in total. The van der Waals surface area contributed by atoms with Gasteiger partial charge in [-0.1, -0.05) is 19.8 Å². The van der Waals surface area contributed by atoms with E-state index < -0.39 is 0 Å². The summed E-state index contributed by atoms with van der Waals surface area (Å²) in [4.78, 5) is 2.82. The molecule has 1 heterocycles. The molecule has 0 bridgehead atoms. The van der Waals surface area contributed by atoms with Gasteiger partial charge in [-0.05, 0) is 38.5 Å². The van der Waals surface area contributed by atoms with E-state index in [9.17, 15) is 0 Å². The number of methoxy groups -OCH3 is 1. The van der Waals surface area contributed by atoms with Gasteiger partial charge in [0.1, 0.15) is 0 Å². The van der Waals surface area contributed by atoms with Gasteiger partial charge < -0.3 is 10.1 Å². The van der Waals surface area contributed by atoms with Gasteiger partial charge >= 0.3 is 0 Å². The maximum absolute atomic E-state index is 5.76. The third-order valence-corrected chi connectivity index (χ3v) is 5.85. The normalized spacial score (nSPS) is 39.2. The fourth-order valence-corrected chi connectivity index (χ4v) is 4.70. The van der Waals surface area contributed by atoms with Crippen LogP contribution in [0.4, 0.5) is 0 Å². The van der Waals surface area contributed by atoms with Gasteiger partial charge in [-0.15, -0.1) is 0 Å². The minimum atomic E-state index is 0.437. The zero-order valence-electron chi connectivity index (χ0n) is 12.7. The van der Waals surface area contributed by atoms with Gasteiger partial charge in [0.05, 0.1) is 6.10 Å². The topological polar surface area (TPSA) is 24.5 Å². The Balaban J connectivity index is 1.75. The van der Waals surface area contributed by atoms with Crippen molar-refractivity contribution in [3.8, 4) is 0 Å². The van der Waals surface area contributed by atoms with Crippen LogP contribution in [0.2, 0.25) is 0 Å².